The summed E-state index contributed by atoms with van der Waals surface area (Å²) in [5, 5.41) is 0.633. The fourth-order valence-corrected chi connectivity index (χ4v) is 2.33. The number of hydrogen-bond acceptors (Lipinski definition) is 4. The molecule has 6 nitrogen and oxygen atoms in total. The van der Waals surface area contributed by atoms with Gasteiger partial charge in [0.2, 0.25) is 0 Å². The fraction of sp³-hybridized carbons (Fsp3) is 0.333. The first-order valence-electron chi connectivity index (χ1n) is 6.41. The zero-order valence-electron chi connectivity index (χ0n) is 12.8. The Hall–Kier alpha value is -2.50. The number of benzene rings is 1. The molecule has 0 unspecified atom stereocenters. The van der Waals surface area contributed by atoms with Gasteiger partial charge in [0, 0.05) is 25.2 Å². The summed E-state index contributed by atoms with van der Waals surface area (Å²) in [6.07, 6.45) is 0. The zero-order chi connectivity index (χ0) is 15.7. The Labute approximate surface area is 122 Å². The van der Waals surface area contributed by atoms with Gasteiger partial charge < -0.3 is 14.4 Å². The third-order valence-electron chi connectivity index (χ3n) is 3.37. The number of aromatic nitrogens is 1. The molecule has 0 atom stereocenters. The van der Waals surface area contributed by atoms with Crippen LogP contribution in [0, 0.1) is 6.92 Å². The Bertz CT molecular complexity index is 716. The molecule has 1 aromatic heterocycles. The maximum Gasteiger partial charge on any atom is 0.340 e. The molecule has 1 amide bonds. The normalized spacial score (nSPS) is 10.5. The summed E-state index contributed by atoms with van der Waals surface area (Å²) >= 11 is 0. The van der Waals surface area contributed by atoms with Crippen LogP contribution in [-0.4, -0.2) is 49.8 Å². The monoisotopic (exact) mass is 290 g/mol. The molecule has 21 heavy (non-hydrogen) atoms. The Balaban J connectivity index is 2.84. The number of ether oxygens (including phenoxy) is 2. The molecular weight excluding hydrogens is 272 g/mol. The van der Waals surface area contributed by atoms with Crippen LogP contribution in [0.15, 0.2) is 18.2 Å². The molecular formula is C15H18N2O4. The van der Waals surface area contributed by atoms with E-state index in [1.165, 1.54) is 16.6 Å². The van der Waals surface area contributed by atoms with Gasteiger partial charge in [-0.1, -0.05) is 0 Å². The predicted molar refractivity (Wildman–Crippen MR) is 79.0 cm³/mol. The van der Waals surface area contributed by atoms with E-state index in [-0.39, 0.29) is 6.03 Å². The van der Waals surface area contributed by atoms with E-state index in [1.807, 2.05) is 0 Å². The van der Waals surface area contributed by atoms with Crippen molar-refractivity contribution in [1.29, 1.82) is 0 Å². The van der Waals surface area contributed by atoms with Crippen LogP contribution in [0.5, 0.6) is 5.75 Å². The van der Waals surface area contributed by atoms with E-state index < -0.39 is 5.97 Å². The van der Waals surface area contributed by atoms with Crippen LogP contribution in [0.1, 0.15) is 16.1 Å². The zero-order valence-corrected chi connectivity index (χ0v) is 12.8. The van der Waals surface area contributed by atoms with Crippen molar-refractivity contribution >= 4 is 22.9 Å². The van der Waals surface area contributed by atoms with Gasteiger partial charge in [-0.3, -0.25) is 4.57 Å². The number of carbonyl (C=O) groups excluding carboxylic acids is 2. The summed E-state index contributed by atoms with van der Waals surface area (Å²) in [7, 11) is 6.19. The summed E-state index contributed by atoms with van der Waals surface area (Å²) in [5.74, 6) is 0.137. The predicted octanol–water partition coefficient (Wildman–Crippen LogP) is 2.27. The second-order valence-electron chi connectivity index (χ2n) is 4.85. The highest BCUT2D eigenvalue weighted by Crippen LogP contribution is 2.30. The minimum absolute atomic E-state index is 0.224. The standard InChI is InChI=1S/C15H18N2O4/c1-9-13(14(18)21-5)11-8-10(20-4)6-7-12(11)17(9)15(19)16(2)3/h6-8H,1-5H3. The van der Waals surface area contributed by atoms with Crippen molar-refractivity contribution < 1.29 is 19.1 Å². The first kappa shape index (κ1) is 14.9. The minimum atomic E-state index is -0.476. The molecule has 0 aliphatic rings. The summed E-state index contributed by atoms with van der Waals surface area (Å²) in [6, 6.07) is 5.02. The third-order valence-corrected chi connectivity index (χ3v) is 3.37. The highest BCUT2D eigenvalue weighted by atomic mass is 16.5. The lowest BCUT2D eigenvalue weighted by molar-refractivity contribution is 0.0602. The van der Waals surface area contributed by atoms with Gasteiger partial charge in [-0.25, -0.2) is 9.59 Å². The van der Waals surface area contributed by atoms with E-state index in [9.17, 15) is 9.59 Å². The van der Waals surface area contributed by atoms with Crippen LogP contribution in [0.4, 0.5) is 4.79 Å². The molecule has 0 spiro atoms. The summed E-state index contributed by atoms with van der Waals surface area (Å²) in [4.78, 5) is 25.9. The van der Waals surface area contributed by atoms with Gasteiger partial charge in [0.25, 0.3) is 0 Å². The van der Waals surface area contributed by atoms with Crippen molar-refractivity contribution in [3.8, 4) is 5.75 Å². The van der Waals surface area contributed by atoms with Crippen LogP contribution in [0.2, 0.25) is 0 Å². The number of carbonyl (C=O) groups is 2. The molecule has 0 N–H and O–H groups in total. The quantitative estimate of drug-likeness (QED) is 0.796. The average Bonchev–Trinajstić information content (AvgIpc) is 2.76. The Kier molecular flexibility index (Phi) is 3.88. The van der Waals surface area contributed by atoms with E-state index >= 15 is 0 Å². The van der Waals surface area contributed by atoms with E-state index in [4.69, 9.17) is 9.47 Å². The van der Waals surface area contributed by atoms with Gasteiger partial charge in [-0.15, -0.1) is 0 Å². The second kappa shape index (κ2) is 5.47. The van der Waals surface area contributed by atoms with Gasteiger partial charge in [-0.05, 0) is 25.1 Å². The maximum atomic E-state index is 12.4. The average molecular weight is 290 g/mol. The molecule has 0 aliphatic heterocycles. The highest BCUT2D eigenvalue weighted by Gasteiger charge is 2.24. The third kappa shape index (κ3) is 2.33. The van der Waals surface area contributed by atoms with Gasteiger partial charge >= 0.3 is 12.0 Å². The van der Waals surface area contributed by atoms with Crippen LogP contribution >= 0.6 is 0 Å². The number of hydrogen-bond donors (Lipinski definition) is 0. The molecule has 0 saturated heterocycles. The van der Waals surface area contributed by atoms with Crippen LogP contribution < -0.4 is 4.74 Å². The van der Waals surface area contributed by atoms with Crippen LogP contribution in [0.3, 0.4) is 0 Å². The van der Waals surface area contributed by atoms with Gasteiger partial charge in [0.15, 0.2) is 0 Å². The number of nitrogens with zero attached hydrogens (tertiary/aromatic N) is 2. The number of amides is 1. The first-order valence-corrected chi connectivity index (χ1v) is 6.41. The second-order valence-corrected chi connectivity index (χ2v) is 4.85. The number of rotatable bonds is 2. The molecule has 2 aromatic rings. The molecule has 6 heteroatoms. The molecule has 0 bridgehead atoms. The number of methoxy groups -OCH3 is 2. The molecule has 0 aliphatic carbocycles. The molecule has 0 radical (unpaired) electrons. The van der Waals surface area contributed by atoms with Crippen molar-refractivity contribution in [3.05, 3.63) is 29.5 Å². The molecule has 1 aromatic carbocycles. The Morgan fingerprint density at radius 2 is 1.86 bits per heavy atom. The summed E-state index contributed by atoms with van der Waals surface area (Å²) in [5.41, 5.74) is 1.57. The summed E-state index contributed by atoms with van der Waals surface area (Å²) < 4.78 is 11.5. The van der Waals surface area contributed by atoms with Crippen molar-refractivity contribution in [2.75, 3.05) is 28.3 Å². The van der Waals surface area contributed by atoms with Gasteiger partial charge in [-0.2, -0.15) is 0 Å². The molecule has 112 valence electrons. The van der Waals surface area contributed by atoms with Crippen molar-refractivity contribution in [1.82, 2.24) is 9.47 Å². The lowest BCUT2D eigenvalue weighted by Crippen LogP contribution is -2.28. The van der Waals surface area contributed by atoms with Gasteiger partial charge in [0.05, 0.1) is 25.3 Å². The van der Waals surface area contributed by atoms with Gasteiger partial charge in [0.1, 0.15) is 5.75 Å². The van der Waals surface area contributed by atoms with E-state index in [2.05, 4.69) is 0 Å². The minimum Gasteiger partial charge on any atom is -0.497 e. The topological polar surface area (TPSA) is 60.8 Å². The van der Waals surface area contributed by atoms with Crippen molar-refractivity contribution in [3.63, 3.8) is 0 Å². The summed E-state index contributed by atoms with van der Waals surface area (Å²) in [6.45, 7) is 1.72. The van der Waals surface area contributed by atoms with Crippen LogP contribution in [-0.2, 0) is 4.74 Å². The van der Waals surface area contributed by atoms with E-state index in [1.54, 1.807) is 46.3 Å². The molecule has 0 fully saturated rings. The lowest BCUT2D eigenvalue weighted by Gasteiger charge is -2.13. The Morgan fingerprint density at radius 1 is 1.19 bits per heavy atom. The molecule has 0 saturated carbocycles. The van der Waals surface area contributed by atoms with E-state index in [0.29, 0.717) is 27.9 Å². The van der Waals surface area contributed by atoms with Crippen molar-refractivity contribution in [2.45, 2.75) is 6.92 Å². The largest absolute Gasteiger partial charge is 0.497 e. The first-order chi connectivity index (χ1) is 9.92. The fourth-order valence-electron chi connectivity index (χ4n) is 2.33. The highest BCUT2D eigenvalue weighted by molar-refractivity contribution is 6.09. The van der Waals surface area contributed by atoms with E-state index in [0.717, 1.165) is 0 Å². The smallest absolute Gasteiger partial charge is 0.340 e. The lowest BCUT2D eigenvalue weighted by atomic mass is 10.1. The number of fused-ring (bicyclic) bond motifs is 1. The Morgan fingerprint density at radius 3 is 2.38 bits per heavy atom. The SMILES string of the molecule is COC(=O)c1c(C)n(C(=O)N(C)C)c2ccc(OC)cc12. The van der Waals surface area contributed by atoms with Crippen LogP contribution in [0.25, 0.3) is 10.9 Å². The molecule has 2 rings (SSSR count). The maximum absolute atomic E-state index is 12.4. The number of esters is 1. The molecule has 1 heterocycles. The van der Waals surface area contributed by atoms with Crippen molar-refractivity contribution in [2.24, 2.45) is 0 Å².